The van der Waals surface area contributed by atoms with Crippen LogP contribution in [0.3, 0.4) is 0 Å². The lowest BCUT2D eigenvalue weighted by Gasteiger charge is -2.16. The van der Waals surface area contributed by atoms with E-state index in [0.29, 0.717) is 5.75 Å². The highest BCUT2D eigenvalue weighted by Gasteiger charge is 2.15. The molecule has 0 aromatic heterocycles. The number of methoxy groups -OCH3 is 1. The Hall–Kier alpha value is -2.54. The summed E-state index contributed by atoms with van der Waals surface area (Å²) in [5.41, 5.74) is 6.46. The van der Waals surface area contributed by atoms with Gasteiger partial charge in [0.1, 0.15) is 11.5 Å². The third-order valence-corrected chi connectivity index (χ3v) is 4.28. The molecule has 0 spiro atoms. The summed E-state index contributed by atoms with van der Waals surface area (Å²) in [6, 6.07) is 12.0. The molecule has 0 aliphatic heterocycles. The Morgan fingerprint density at radius 2 is 1.96 bits per heavy atom. The number of hydrogen-bond acceptors (Lipinski definition) is 4. The van der Waals surface area contributed by atoms with Gasteiger partial charge < -0.3 is 20.5 Å². The third kappa shape index (κ3) is 4.96. The van der Waals surface area contributed by atoms with Crippen molar-refractivity contribution in [2.75, 3.05) is 13.7 Å². The quantitative estimate of drug-likeness (QED) is 0.739. The zero-order valence-corrected chi connectivity index (χ0v) is 15.5. The average molecular weight is 407 g/mol. The molecule has 25 heavy (non-hydrogen) atoms. The van der Waals surface area contributed by atoms with E-state index in [9.17, 15) is 9.59 Å². The molecule has 132 valence electrons. The number of nitrogens with two attached hydrogens (primary N) is 1. The number of nitrogens with one attached hydrogen (secondary N) is 1. The van der Waals surface area contributed by atoms with Crippen molar-refractivity contribution in [1.82, 2.24) is 5.32 Å². The largest absolute Gasteiger partial charge is 0.497 e. The van der Waals surface area contributed by atoms with Gasteiger partial charge in [-0.1, -0.05) is 34.1 Å². The SMILES string of the molecule is COc1ccc(C(N)=O)c(OCC(=O)N[C@@H](C)c2ccccc2Br)c1. The predicted molar refractivity (Wildman–Crippen MR) is 97.7 cm³/mol. The van der Waals surface area contributed by atoms with Crippen molar-refractivity contribution in [3.63, 3.8) is 0 Å². The van der Waals surface area contributed by atoms with Crippen LogP contribution >= 0.6 is 15.9 Å². The van der Waals surface area contributed by atoms with Gasteiger partial charge in [-0.05, 0) is 30.7 Å². The Kier molecular flexibility index (Phi) is 6.41. The molecule has 0 saturated heterocycles. The van der Waals surface area contributed by atoms with Gasteiger partial charge in [0.25, 0.3) is 11.8 Å². The highest BCUT2D eigenvalue weighted by molar-refractivity contribution is 9.10. The summed E-state index contributed by atoms with van der Waals surface area (Å²) in [4.78, 5) is 23.6. The van der Waals surface area contributed by atoms with Gasteiger partial charge in [-0.25, -0.2) is 0 Å². The van der Waals surface area contributed by atoms with E-state index >= 15 is 0 Å². The lowest BCUT2D eigenvalue weighted by Crippen LogP contribution is -2.31. The van der Waals surface area contributed by atoms with E-state index in [4.69, 9.17) is 15.2 Å². The van der Waals surface area contributed by atoms with Gasteiger partial charge in [0, 0.05) is 10.5 Å². The smallest absolute Gasteiger partial charge is 0.258 e. The molecule has 2 aromatic rings. The minimum atomic E-state index is -0.639. The second kappa shape index (κ2) is 8.53. The molecule has 0 aliphatic rings. The molecule has 2 amide bonds. The summed E-state index contributed by atoms with van der Waals surface area (Å²) < 4.78 is 11.5. The summed E-state index contributed by atoms with van der Waals surface area (Å²) in [5.74, 6) is -0.251. The molecule has 0 fully saturated rings. The maximum atomic E-state index is 12.1. The predicted octanol–water partition coefficient (Wildman–Crippen LogP) is 2.81. The molecule has 2 rings (SSSR count). The minimum absolute atomic E-state index is 0.187. The molecule has 0 heterocycles. The molecular formula is C18H19BrN2O4. The molecule has 6 nitrogen and oxygen atoms in total. The van der Waals surface area contributed by atoms with E-state index in [1.54, 1.807) is 6.07 Å². The molecule has 0 aliphatic carbocycles. The monoisotopic (exact) mass is 406 g/mol. The fourth-order valence-electron chi connectivity index (χ4n) is 2.28. The summed E-state index contributed by atoms with van der Waals surface area (Å²) in [7, 11) is 1.50. The Labute approximate surface area is 154 Å². The second-order valence-corrected chi connectivity index (χ2v) is 6.18. The van der Waals surface area contributed by atoms with Crippen molar-refractivity contribution < 1.29 is 19.1 Å². The van der Waals surface area contributed by atoms with Gasteiger partial charge >= 0.3 is 0 Å². The van der Waals surface area contributed by atoms with Gasteiger partial charge in [0.05, 0.1) is 18.7 Å². The number of ether oxygens (including phenoxy) is 2. The summed E-state index contributed by atoms with van der Waals surface area (Å²) >= 11 is 3.46. The number of carbonyl (C=O) groups is 2. The zero-order chi connectivity index (χ0) is 18.4. The number of amides is 2. The first kappa shape index (κ1) is 18.8. The highest BCUT2D eigenvalue weighted by atomic mass is 79.9. The van der Waals surface area contributed by atoms with Crippen LogP contribution in [0, 0.1) is 0 Å². The number of hydrogen-bond donors (Lipinski definition) is 2. The van der Waals surface area contributed by atoms with Gasteiger partial charge in [0.15, 0.2) is 6.61 Å². The molecule has 1 atom stereocenters. The normalized spacial score (nSPS) is 11.5. The van der Waals surface area contributed by atoms with Crippen LogP contribution in [0.1, 0.15) is 28.9 Å². The Morgan fingerprint density at radius 1 is 1.24 bits per heavy atom. The van der Waals surface area contributed by atoms with Gasteiger partial charge in [-0.3, -0.25) is 9.59 Å². The molecule has 0 unspecified atom stereocenters. The van der Waals surface area contributed by atoms with Crippen molar-refractivity contribution in [3.8, 4) is 11.5 Å². The number of halogens is 1. The highest BCUT2D eigenvalue weighted by Crippen LogP contribution is 2.25. The van der Waals surface area contributed by atoms with Crippen LogP contribution in [0.4, 0.5) is 0 Å². The van der Waals surface area contributed by atoms with Gasteiger partial charge in [-0.2, -0.15) is 0 Å². The van der Waals surface area contributed by atoms with Crippen molar-refractivity contribution in [2.45, 2.75) is 13.0 Å². The summed E-state index contributed by atoms with van der Waals surface area (Å²) in [6.07, 6.45) is 0. The molecular weight excluding hydrogens is 388 g/mol. The fraction of sp³-hybridized carbons (Fsp3) is 0.222. The van der Waals surface area contributed by atoms with E-state index in [1.807, 2.05) is 31.2 Å². The molecule has 3 N–H and O–H groups in total. The molecule has 0 bridgehead atoms. The van der Waals surface area contributed by atoms with Crippen molar-refractivity contribution in [3.05, 3.63) is 58.1 Å². The van der Waals surface area contributed by atoms with E-state index in [-0.39, 0.29) is 29.9 Å². The standard InChI is InChI=1S/C18H19BrN2O4/c1-11(13-5-3-4-6-15(13)19)21-17(22)10-25-16-9-12(24-2)7-8-14(16)18(20)23/h3-9,11H,10H2,1-2H3,(H2,20,23)(H,21,22)/t11-/m0/s1. The molecule has 2 aromatic carbocycles. The average Bonchev–Trinajstić information content (AvgIpc) is 2.59. The molecule has 0 radical (unpaired) electrons. The lowest BCUT2D eigenvalue weighted by molar-refractivity contribution is -0.123. The van der Waals surface area contributed by atoms with Crippen LogP contribution in [0.25, 0.3) is 0 Å². The zero-order valence-electron chi connectivity index (χ0n) is 13.9. The first-order valence-electron chi connectivity index (χ1n) is 7.56. The van der Waals surface area contributed by atoms with E-state index in [2.05, 4.69) is 21.2 Å². The third-order valence-electron chi connectivity index (χ3n) is 3.56. The Bertz CT molecular complexity index is 779. The first-order chi connectivity index (χ1) is 11.9. The Balaban J connectivity index is 2.02. The van der Waals surface area contributed by atoms with Gasteiger partial charge in [0.2, 0.25) is 0 Å². The lowest BCUT2D eigenvalue weighted by atomic mass is 10.1. The van der Waals surface area contributed by atoms with E-state index in [1.165, 1.54) is 19.2 Å². The van der Waals surface area contributed by atoms with Crippen LogP contribution in [-0.2, 0) is 4.79 Å². The van der Waals surface area contributed by atoms with Crippen molar-refractivity contribution in [1.29, 1.82) is 0 Å². The van der Waals surface area contributed by atoms with E-state index in [0.717, 1.165) is 10.0 Å². The fourth-order valence-corrected chi connectivity index (χ4v) is 2.91. The van der Waals surface area contributed by atoms with Crippen molar-refractivity contribution >= 4 is 27.7 Å². The summed E-state index contributed by atoms with van der Waals surface area (Å²) in [6.45, 7) is 1.63. The first-order valence-corrected chi connectivity index (χ1v) is 8.36. The second-order valence-electron chi connectivity index (χ2n) is 5.33. The number of rotatable bonds is 7. The maximum absolute atomic E-state index is 12.1. The maximum Gasteiger partial charge on any atom is 0.258 e. The number of benzene rings is 2. The van der Waals surface area contributed by atoms with E-state index < -0.39 is 5.91 Å². The number of primary amides is 1. The van der Waals surface area contributed by atoms with Crippen LogP contribution in [-0.4, -0.2) is 25.5 Å². The van der Waals surface area contributed by atoms with Crippen molar-refractivity contribution in [2.24, 2.45) is 5.73 Å². The number of carbonyl (C=O) groups excluding carboxylic acids is 2. The van der Waals surface area contributed by atoms with Crippen LogP contribution in [0.15, 0.2) is 46.9 Å². The van der Waals surface area contributed by atoms with Gasteiger partial charge in [-0.15, -0.1) is 0 Å². The van der Waals surface area contributed by atoms with Crippen LogP contribution in [0.5, 0.6) is 11.5 Å². The Morgan fingerprint density at radius 3 is 2.60 bits per heavy atom. The minimum Gasteiger partial charge on any atom is -0.497 e. The topological polar surface area (TPSA) is 90.7 Å². The van der Waals surface area contributed by atoms with Crippen LogP contribution in [0.2, 0.25) is 0 Å². The summed E-state index contributed by atoms with van der Waals surface area (Å²) in [5, 5.41) is 2.84. The van der Waals surface area contributed by atoms with Crippen LogP contribution < -0.4 is 20.5 Å². The molecule has 7 heteroatoms. The molecule has 0 saturated carbocycles.